The molecule has 11 heteroatoms. The second-order valence-corrected chi connectivity index (χ2v) is 9.30. The van der Waals surface area contributed by atoms with Crippen molar-refractivity contribution in [2.75, 3.05) is 10.5 Å². The third-order valence-corrected chi connectivity index (χ3v) is 6.16. The molecule has 2 aromatic heterocycles. The summed E-state index contributed by atoms with van der Waals surface area (Å²) >= 11 is 0. The van der Waals surface area contributed by atoms with Crippen LogP contribution in [0.25, 0.3) is 22.2 Å². The van der Waals surface area contributed by atoms with E-state index in [0.29, 0.717) is 27.7 Å². The van der Waals surface area contributed by atoms with Crippen molar-refractivity contribution in [1.82, 2.24) is 15.4 Å². The van der Waals surface area contributed by atoms with Crippen molar-refractivity contribution in [3.05, 3.63) is 89.7 Å². The largest absolute Gasteiger partial charge is 0.480 e. The van der Waals surface area contributed by atoms with E-state index in [-0.39, 0.29) is 5.69 Å². The van der Waals surface area contributed by atoms with Crippen LogP contribution in [0, 0.1) is 11.8 Å². The van der Waals surface area contributed by atoms with Crippen LogP contribution in [0.4, 0.5) is 5.69 Å². The molecule has 2 aromatic carbocycles. The van der Waals surface area contributed by atoms with Gasteiger partial charge in [0.2, 0.25) is 10.0 Å². The zero-order valence-electron chi connectivity index (χ0n) is 18.6. The predicted molar refractivity (Wildman–Crippen MR) is 134 cm³/mol. The summed E-state index contributed by atoms with van der Waals surface area (Å²) in [4.78, 5) is 31.5. The molecule has 0 aliphatic rings. The van der Waals surface area contributed by atoms with E-state index in [0.717, 1.165) is 11.1 Å². The maximum atomic E-state index is 12.2. The van der Waals surface area contributed by atoms with Gasteiger partial charge >= 0.3 is 5.97 Å². The quantitative estimate of drug-likeness (QED) is 0.135. The van der Waals surface area contributed by atoms with Crippen LogP contribution >= 0.6 is 0 Å². The van der Waals surface area contributed by atoms with Gasteiger partial charge in [-0.05, 0) is 48.5 Å². The van der Waals surface area contributed by atoms with E-state index in [1.165, 1.54) is 12.1 Å². The summed E-state index contributed by atoms with van der Waals surface area (Å²) in [5, 5.41) is 9.24. The number of carboxylic acid groups (broad SMARTS) is 1. The number of carboxylic acids is 1. The number of hydrogen-bond acceptors (Lipinski definition) is 7. The van der Waals surface area contributed by atoms with Crippen LogP contribution < -0.4 is 16.0 Å². The molecule has 2 heterocycles. The summed E-state index contributed by atoms with van der Waals surface area (Å²) in [5.41, 5.74) is 6.11. The number of carbonyl (C=O) groups is 2. The summed E-state index contributed by atoms with van der Waals surface area (Å²) in [6, 6.07) is 16.9. The molecule has 0 fully saturated rings. The maximum Gasteiger partial charge on any atom is 0.320 e. The van der Waals surface area contributed by atoms with Crippen molar-refractivity contribution in [2.45, 2.75) is 0 Å². The third kappa shape index (κ3) is 5.82. The highest BCUT2D eigenvalue weighted by molar-refractivity contribution is 7.93. The Hall–Kier alpha value is -4.79. The summed E-state index contributed by atoms with van der Waals surface area (Å²) in [6.07, 6.45) is 3.16. The lowest BCUT2D eigenvalue weighted by Crippen LogP contribution is -2.30. The summed E-state index contributed by atoms with van der Waals surface area (Å²) in [6.45, 7) is 0. The smallest absolute Gasteiger partial charge is 0.320 e. The van der Waals surface area contributed by atoms with Gasteiger partial charge < -0.3 is 5.11 Å². The second-order valence-electron chi connectivity index (χ2n) is 7.58. The highest BCUT2D eigenvalue weighted by atomic mass is 32.2. The number of sulfonamides is 1. The number of nitrogens with two attached hydrogens (primary N) is 1. The highest BCUT2D eigenvalue weighted by Crippen LogP contribution is 2.24. The van der Waals surface area contributed by atoms with E-state index in [4.69, 9.17) is 10.9 Å². The van der Waals surface area contributed by atoms with Crippen LogP contribution in [0.1, 0.15) is 21.5 Å². The first-order valence-electron chi connectivity index (χ1n) is 10.4. The zero-order chi connectivity index (χ0) is 25.7. The molecule has 4 aromatic rings. The molecular formula is C25H19N5O5S. The van der Waals surface area contributed by atoms with E-state index in [1.807, 2.05) is 24.3 Å². The van der Waals surface area contributed by atoms with Crippen LogP contribution in [0.5, 0.6) is 0 Å². The third-order valence-electron chi connectivity index (χ3n) is 4.99. The number of anilines is 1. The Kier molecular flexibility index (Phi) is 6.91. The van der Waals surface area contributed by atoms with Crippen LogP contribution in [0.2, 0.25) is 0 Å². The molecule has 4 rings (SSSR count). The fraction of sp³-hybridized carbons (Fsp3) is 0.0400. The van der Waals surface area contributed by atoms with Gasteiger partial charge in [-0.25, -0.2) is 19.2 Å². The molecule has 36 heavy (non-hydrogen) atoms. The molecule has 0 radical (unpaired) electrons. The fourth-order valence-corrected chi connectivity index (χ4v) is 4.24. The normalized spacial score (nSPS) is 10.8. The van der Waals surface area contributed by atoms with Gasteiger partial charge in [-0.2, -0.15) is 0 Å². The maximum absolute atomic E-state index is 12.2. The number of rotatable bonds is 6. The summed E-state index contributed by atoms with van der Waals surface area (Å²) in [7, 11) is -3.97. The number of hydrazine groups is 1. The number of aromatic nitrogens is 2. The van der Waals surface area contributed by atoms with Crippen LogP contribution in [-0.2, 0) is 14.8 Å². The molecule has 0 atom stereocenters. The van der Waals surface area contributed by atoms with E-state index < -0.39 is 27.7 Å². The van der Waals surface area contributed by atoms with E-state index in [9.17, 15) is 18.0 Å². The monoisotopic (exact) mass is 501 g/mol. The van der Waals surface area contributed by atoms with Crippen molar-refractivity contribution in [3.8, 4) is 23.1 Å². The van der Waals surface area contributed by atoms with Gasteiger partial charge in [-0.15, -0.1) is 0 Å². The van der Waals surface area contributed by atoms with Gasteiger partial charge in [0, 0.05) is 40.2 Å². The molecule has 0 spiro atoms. The number of pyridine rings is 2. The number of nitrogen functional groups attached to an aromatic ring is 1. The van der Waals surface area contributed by atoms with Gasteiger partial charge in [0.1, 0.15) is 0 Å². The molecule has 0 saturated carbocycles. The molecular weight excluding hydrogens is 482 g/mol. The highest BCUT2D eigenvalue weighted by Gasteiger charge is 2.15. The Labute approximate surface area is 206 Å². The molecule has 0 aliphatic heterocycles. The number of amides is 1. The number of benzene rings is 2. The predicted octanol–water partition coefficient (Wildman–Crippen LogP) is 2.13. The number of nitrogens with zero attached hydrogens (tertiary/aromatic N) is 2. The standard InChI is InChI=1S/C25H19N5O5S/c26-29-25(33)20-13-23(28-22-11-12-27-14-21(20)22)18-7-3-16(4-8-18)1-2-17-5-9-19(10-6-17)30-36(34,35)15-24(31)32/h3-14,30H,15,26H2,(H,29,33)(H,31,32). The van der Waals surface area contributed by atoms with Crippen molar-refractivity contribution in [2.24, 2.45) is 5.84 Å². The molecule has 1 amide bonds. The Morgan fingerprint density at radius 2 is 1.61 bits per heavy atom. The fourth-order valence-electron chi connectivity index (χ4n) is 3.35. The minimum atomic E-state index is -3.97. The minimum absolute atomic E-state index is 0.243. The molecule has 0 saturated heterocycles. The molecule has 0 aliphatic carbocycles. The van der Waals surface area contributed by atoms with Crippen molar-refractivity contribution in [3.63, 3.8) is 0 Å². The molecule has 0 bridgehead atoms. The average molecular weight is 502 g/mol. The molecule has 10 nitrogen and oxygen atoms in total. The van der Waals surface area contributed by atoms with Gasteiger partial charge in [0.05, 0.1) is 16.8 Å². The van der Waals surface area contributed by atoms with Crippen LogP contribution in [0.15, 0.2) is 73.1 Å². The van der Waals surface area contributed by atoms with E-state index in [2.05, 4.69) is 32.0 Å². The first-order valence-corrected chi connectivity index (χ1v) is 12.1. The van der Waals surface area contributed by atoms with E-state index in [1.54, 1.807) is 36.7 Å². The lowest BCUT2D eigenvalue weighted by molar-refractivity contribution is -0.134. The molecule has 0 unspecified atom stereocenters. The first kappa shape index (κ1) is 24.3. The number of nitrogens with one attached hydrogen (secondary N) is 2. The lowest BCUT2D eigenvalue weighted by Gasteiger charge is -2.08. The SMILES string of the molecule is NNC(=O)c1cc(-c2ccc(C#Cc3ccc(NS(=O)(=O)CC(=O)O)cc3)cc2)nc2ccncc12. The zero-order valence-corrected chi connectivity index (χ0v) is 19.4. The van der Waals surface area contributed by atoms with Gasteiger partial charge in [0.15, 0.2) is 5.75 Å². The molecule has 180 valence electrons. The lowest BCUT2D eigenvalue weighted by atomic mass is 10.0. The first-order chi connectivity index (χ1) is 17.2. The summed E-state index contributed by atoms with van der Waals surface area (Å²) in [5.74, 6) is 8.44. The average Bonchev–Trinajstić information content (AvgIpc) is 2.86. The van der Waals surface area contributed by atoms with E-state index >= 15 is 0 Å². The topological polar surface area (TPSA) is 164 Å². The molecule has 5 N–H and O–H groups in total. The minimum Gasteiger partial charge on any atom is -0.480 e. The number of carbonyl (C=O) groups excluding carboxylic acids is 1. The summed E-state index contributed by atoms with van der Waals surface area (Å²) < 4.78 is 25.6. The second kappa shape index (κ2) is 10.2. The van der Waals surface area contributed by atoms with Gasteiger partial charge in [0.25, 0.3) is 5.91 Å². The van der Waals surface area contributed by atoms with Crippen LogP contribution in [0.3, 0.4) is 0 Å². The number of fused-ring (bicyclic) bond motifs is 1. The van der Waals surface area contributed by atoms with Crippen LogP contribution in [-0.4, -0.2) is 41.1 Å². The Morgan fingerprint density at radius 1 is 0.972 bits per heavy atom. The van der Waals surface area contributed by atoms with Crippen molar-refractivity contribution < 1.29 is 23.1 Å². The number of aliphatic carboxylic acids is 1. The van der Waals surface area contributed by atoms with Crippen molar-refractivity contribution in [1.29, 1.82) is 0 Å². The Morgan fingerprint density at radius 3 is 2.22 bits per heavy atom. The Balaban J connectivity index is 1.53. The van der Waals surface area contributed by atoms with Gasteiger partial charge in [-0.3, -0.25) is 24.7 Å². The Bertz CT molecular complexity index is 1620. The van der Waals surface area contributed by atoms with Gasteiger partial charge in [-0.1, -0.05) is 24.0 Å². The van der Waals surface area contributed by atoms with Crippen molar-refractivity contribution >= 4 is 38.5 Å². The number of hydrogen-bond donors (Lipinski definition) is 4.